The van der Waals surface area contributed by atoms with Gasteiger partial charge in [0.15, 0.2) is 0 Å². The third-order valence-electron chi connectivity index (χ3n) is 8.88. The third-order valence-corrected chi connectivity index (χ3v) is 8.88. The zero-order chi connectivity index (χ0) is 40.7. The van der Waals surface area contributed by atoms with E-state index in [-0.39, 0.29) is 43.6 Å². The second kappa shape index (κ2) is 27.0. The van der Waals surface area contributed by atoms with Gasteiger partial charge in [-0.25, -0.2) is 4.90 Å². The zero-order valence-electron chi connectivity index (χ0n) is 33.4. The minimum atomic E-state index is -1.38. The van der Waals surface area contributed by atoms with Gasteiger partial charge in [0, 0.05) is 6.42 Å². The summed E-state index contributed by atoms with van der Waals surface area (Å²) in [5, 5.41) is 17.8. The van der Waals surface area contributed by atoms with Crippen LogP contribution in [0.15, 0.2) is 12.2 Å². The molecule has 53 heavy (non-hydrogen) atoms. The summed E-state index contributed by atoms with van der Waals surface area (Å²) in [4.78, 5) is 95.3. The average Bonchev–Trinajstić information content (AvgIpc) is 3.12. The highest BCUT2D eigenvalue weighted by molar-refractivity contribution is 6.16. The topological polar surface area (TPSA) is 234 Å². The van der Waals surface area contributed by atoms with Gasteiger partial charge < -0.3 is 37.4 Å². The number of unbranched alkanes of at least 4 members (excludes halogenated alkanes) is 3. The fourth-order valence-electron chi connectivity index (χ4n) is 5.73. The van der Waals surface area contributed by atoms with Crippen LogP contribution in [0.1, 0.15) is 120 Å². The number of aliphatic hydroxyl groups excluding tert-OH is 1. The predicted octanol–water partition coefficient (Wildman–Crippen LogP) is 1.89. The molecule has 0 aliphatic rings. The highest BCUT2D eigenvalue weighted by Gasteiger charge is 2.45. The van der Waals surface area contributed by atoms with Gasteiger partial charge in [0.2, 0.25) is 23.6 Å². The van der Waals surface area contributed by atoms with Crippen LogP contribution in [0.2, 0.25) is 0 Å². The minimum Gasteiger partial charge on any atom is -0.394 e. The van der Waals surface area contributed by atoms with Crippen molar-refractivity contribution in [1.82, 2.24) is 25.8 Å². The molecule has 0 rings (SSSR count). The monoisotopic (exact) mass is 752 g/mol. The molecule has 15 heteroatoms. The lowest BCUT2D eigenvalue weighted by Gasteiger charge is -2.41. The molecular weight excluding hydrogens is 682 g/mol. The molecule has 0 spiro atoms. The number of carbonyl (C=O) groups excluding carboxylic acids is 7. The molecule has 7 amide bonds. The van der Waals surface area contributed by atoms with E-state index in [1.54, 1.807) is 34.6 Å². The fourth-order valence-corrected chi connectivity index (χ4v) is 5.73. The van der Waals surface area contributed by atoms with Gasteiger partial charge in [0.25, 0.3) is 17.7 Å². The molecule has 0 radical (unpaired) electrons. The van der Waals surface area contributed by atoms with Crippen molar-refractivity contribution in [3.8, 4) is 0 Å². The molecule has 304 valence electrons. The van der Waals surface area contributed by atoms with Gasteiger partial charge in [0.1, 0.15) is 12.1 Å². The van der Waals surface area contributed by atoms with E-state index in [9.17, 15) is 38.7 Å². The number of aliphatic hydroxyl groups is 1. The molecule has 0 aromatic heterocycles. The smallest absolute Gasteiger partial charge is 0.259 e. The Balaban J connectivity index is 6.18. The summed E-state index contributed by atoms with van der Waals surface area (Å²) in [7, 11) is 0. The Hall–Kier alpha value is -3.69. The molecule has 8 N–H and O–H groups in total. The molecule has 0 heterocycles. The maximum absolute atomic E-state index is 14.6. The fraction of sp³-hybridized carbons (Fsp3) is 0.763. The lowest BCUT2D eigenvalue weighted by molar-refractivity contribution is -0.164. The first-order chi connectivity index (χ1) is 25.0. The Bertz CT molecular complexity index is 1210. The summed E-state index contributed by atoms with van der Waals surface area (Å²) in [6.45, 7) is 12.7. The number of allylic oxidation sites excluding steroid dienone is 2. The van der Waals surface area contributed by atoms with Crippen LogP contribution < -0.4 is 27.4 Å². The molecule has 0 bridgehead atoms. The molecular formula is C38H69N7O8. The SMILES string of the molecule is CCCCCC=CCCC(=O)NCC(=O)NCC(=O)N[C@@H](CC(C)C)C(=O)N(C(=O)C(N)CC)C(=O)[C@H]([C@@H](C)CC)N(C(=O)CN)C(CO)CC(C)C. The average molecular weight is 752 g/mol. The summed E-state index contributed by atoms with van der Waals surface area (Å²) in [5.74, 6) is -6.18. The number of nitrogens with one attached hydrogen (secondary N) is 3. The first-order valence-corrected chi connectivity index (χ1v) is 19.3. The van der Waals surface area contributed by atoms with Crippen molar-refractivity contribution in [3.63, 3.8) is 0 Å². The summed E-state index contributed by atoms with van der Waals surface area (Å²) >= 11 is 0. The molecule has 0 aromatic carbocycles. The predicted molar refractivity (Wildman–Crippen MR) is 205 cm³/mol. The van der Waals surface area contributed by atoms with E-state index in [0.29, 0.717) is 24.2 Å². The maximum atomic E-state index is 14.6. The quantitative estimate of drug-likeness (QED) is 0.0555. The van der Waals surface area contributed by atoms with Crippen LogP contribution in [0.3, 0.4) is 0 Å². The number of nitrogens with zero attached hydrogens (tertiary/aromatic N) is 2. The van der Waals surface area contributed by atoms with Crippen LogP contribution in [-0.4, -0.2) is 107 Å². The van der Waals surface area contributed by atoms with Gasteiger partial charge in [-0.2, -0.15) is 0 Å². The molecule has 5 atom stereocenters. The molecule has 0 aliphatic carbocycles. The minimum absolute atomic E-state index is 0.00974. The number of imide groups is 3. The Morgan fingerprint density at radius 2 is 1.32 bits per heavy atom. The van der Waals surface area contributed by atoms with Gasteiger partial charge in [-0.3, -0.25) is 33.6 Å². The summed E-state index contributed by atoms with van der Waals surface area (Å²) in [6.07, 6.45) is 9.85. The highest BCUT2D eigenvalue weighted by Crippen LogP contribution is 2.25. The number of rotatable bonds is 26. The highest BCUT2D eigenvalue weighted by atomic mass is 16.3. The van der Waals surface area contributed by atoms with Crippen molar-refractivity contribution < 1.29 is 38.7 Å². The van der Waals surface area contributed by atoms with Gasteiger partial charge >= 0.3 is 0 Å². The van der Waals surface area contributed by atoms with Crippen LogP contribution in [0.4, 0.5) is 0 Å². The first kappa shape index (κ1) is 49.3. The normalized spacial score (nSPS) is 14.3. The third kappa shape index (κ3) is 18.3. The van der Waals surface area contributed by atoms with Crippen LogP contribution in [0, 0.1) is 17.8 Å². The van der Waals surface area contributed by atoms with E-state index < -0.39 is 85.2 Å². The largest absolute Gasteiger partial charge is 0.394 e. The molecule has 15 nitrogen and oxygen atoms in total. The van der Waals surface area contributed by atoms with Gasteiger partial charge in [0.05, 0.1) is 38.3 Å². The van der Waals surface area contributed by atoms with Crippen LogP contribution in [0.25, 0.3) is 0 Å². The lowest BCUT2D eigenvalue weighted by atomic mass is 9.91. The maximum Gasteiger partial charge on any atom is 0.259 e. The van der Waals surface area contributed by atoms with Crippen molar-refractivity contribution in [2.75, 3.05) is 26.2 Å². The second-order valence-corrected chi connectivity index (χ2v) is 14.5. The number of carbonyl (C=O) groups is 7. The first-order valence-electron chi connectivity index (χ1n) is 19.3. The van der Waals surface area contributed by atoms with E-state index in [1.165, 1.54) is 4.90 Å². The van der Waals surface area contributed by atoms with E-state index in [2.05, 4.69) is 22.9 Å². The number of nitrogens with two attached hydrogens (primary N) is 2. The van der Waals surface area contributed by atoms with Crippen molar-refractivity contribution >= 4 is 41.4 Å². The van der Waals surface area contributed by atoms with E-state index in [4.69, 9.17) is 11.5 Å². The van der Waals surface area contributed by atoms with Gasteiger partial charge in [-0.1, -0.05) is 86.8 Å². The Labute approximate surface area is 316 Å². The van der Waals surface area contributed by atoms with Crippen LogP contribution in [0.5, 0.6) is 0 Å². The number of hydrogen-bond donors (Lipinski definition) is 6. The molecule has 0 saturated carbocycles. The number of amides is 7. The summed E-state index contributed by atoms with van der Waals surface area (Å²) in [6, 6.07) is -4.84. The zero-order valence-corrected chi connectivity index (χ0v) is 33.4. The van der Waals surface area contributed by atoms with E-state index in [0.717, 1.165) is 25.7 Å². The van der Waals surface area contributed by atoms with Crippen molar-refractivity contribution in [3.05, 3.63) is 12.2 Å². The summed E-state index contributed by atoms with van der Waals surface area (Å²) in [5.41, 5.74) is 11.9. The molecule has 0 fully saturated rings. The Kier molecular flexibility index (Phi) is 25.1. The van der Waals surface area contributed by atoms with Crippen molar-refractivity contribution in [2.45, 2.75) is 144 Å². The lowest BCUT2D eigenvalue weighted by Crippen LogP contribution is -2.64. The summed E-state index contributed by atoms with van der Waals surface area (Å²) < 4.78 is 0. The number of hydrogen-bond acceptors (Lipinski definition) is 10. The van der Waals surface area contributed by atoms with Crippen molar-refractivity contribution in [2.24, 2.45) is 29.2 Å². The molecule has 0 aromatic rings. The van der Waals surface area contributed by atoms with Crippen LogP contribution in [-0.2, 0) is 33.6 Å². The molecule has 0 aliphatic heterocycles. The second-order valence-electron chi connectivity index (χ2n) is 14.5. The molecule has 0 saturated heterocycles. The Morgan fingerprint density at radius 3 is 1.85 bits per heavy atom. The van der Waals surface area contributed by atoms with Crippen LogP contribution >= 0.6 is 0 Å². The van der Waals surface area contributed by atoms with Gasteiger partial charge in [-0.05, 0) is 56.3 Å². The van der Waals surface area contributed by atoms with Crippen molar-refractivity contribution in [1.29, 1.82) is 0 Å². The van der Waals surface area contributed by atoms with E-state index >= 15 is 0 Å². The van der Waals surface area contributed by atoms with E-state index in [1.807, 2.05) is 26.0 Å². The van der Waals surface area contributed by atoms with Gasteiger partial charge in [-0.15, -0.1) is 0 Å². The Morgan fingerprint density at radius 1 is 0.736 bits per heavy atom. The molecule has 2 unspecified atom stereocenters. The standard InChI is InChI=1S/C38H69N7O8/c1-9-12-13-14-15-16-17-18-31(47)41-22-32(48)42-23-33(49)43-30(20-26(6)7)37(52)45(36(51)29(40)11-3)38(53)35(27(8)10-2)44(34(50)21-39)28(24-46)19-25(4)5/h15-16,25-30,35,46H,9-14,17-24,39-40H2,1-8H3,(H,41,47)(H,42,48)(H,43,49)/t27-,28?,29?,30-,35-/m0/s1.